The van der Waals surface area contributed by atoms with Gasteiger partial charge in [0.1, 0.15) is 5.69 Å². The second-order valence-electron chi connectivity index (χ2n) is 5.23. The predicted molar refractivity (Wildman–Crippen MR) is 71.9 cm³/mol. The lowest BCUT2D eigenvalue weighted by molar-refractivity contribution is -0.384. The fourth-order valence-corrected chi connectivity index (χ4v) is 1.78. The first-order chi connectivity index (χ1) is 8.34. The molecule has 0 atom stereocenters. The molecular weight excluding hydrogens is 232 g/mol. The zero-order valence-electron chi connectivity index (χ0n) is 11.7. The zero-order valence-corrected chi connectivity index (χ0v) is 11.7. The minimum absolute atomic E-state index is 0.0391. The van der Waals surface area contributed by atoms with Crippen LogP contribution in [0, 0.1) is 16.0 Å². The van der Waals surface area contributed by atoms with Crippen molar-refractivity contribution < 1.29 is 4.92 Å². The molecule has 1 heterocycles. The minimum atomic E-state index is -0.347. The van der Waals surface area contributed by atoms with Crippen LogP contribution in [-0.2, 0) is 7.05 Å². The quantitative estimate of drug-likeness (QED) is 0.625. The van der Waals surface area contributed by atoms with E-state index in [4.69, 9.17) is 0 Å². The molecule has 0 aliphatic rings. The summed E-state index contributed by atoms with van der Waals surface area (Å²) in [6.07, 6.45) is 0.972. The molecule has 102 valence electrons. The summed E-state index contributed by atoms with van der Waals surface area (Å²) in [4.78, 5) is 10.8. The Kier molecular flexibility index (Phi) is 4.69. The highest BCUT2D eigenvalue weighted by molar-refractivity contribution is 5.60. The number of aryl methyl sites for hydroxylation is 1. The highest BCUT2D eigenvalue weighted by atomic mass is 16.6. The standard InChI is InChI=1S/C12H22N4O2/c1-8(2)6-7-13-12-11(16(17)18)10(9(3)4)14-15(12)5/h8-9,13H,6-7H2,1-5H3. The third-order valence-electron chi connectivity index (χ3n) is 2.79. The smallest absolute Gasteiger partial charge is 0.334 e. The van der Waals surface area contributed by atoms with Gasteiger partial charge in [0.05, 0.1) is 4.92 Å². The van der Waals surface area contributed by atoms with Gasteiger partial charge in [0, 0.05) is 19.5 Å². The molecule has 0 saturated heterocycles. The van der Waals surface area contributed by atoms with Gasteiger partial charge in [-0.25, -0.2) is 4.68 Å². The summed E-state index contributed by atoms with van der Waals surface area (Å²) in [6, 6.07) is 0. The fourth-order valence-electron chi connectivity index (χ4n) is 1.78. The van der Waals surface area contributed by atoms with Gasteiger partial charge in [-0.05, 0) is 12.3 Å². The summed E-state index contributed by atoms with van der Waals surface area (Å²) in [7, 11) is 1.73. The van der Waals surface area contributed by atoms with Gasteiger partial charge in [-0.3, -0.25) is 10.1 Å². The monoisotopic (exact) mass is 254 g/mol. The molecule has 0 aliphatic carbocycles. The van der Waals surface area contributed by atoms with Crippen LogP contribution >= 0.6 is 0 Å². The Morgan fingerprint density at radius 3 is 2.44 bits per heavy atom. The Morgan fingerprint density at radius 2 is 2.00 bits per heavy atom. The Morgan fingerprint density at radius 1 is 1.39 bits per heavy atom. The summed E-state index contributed by atoms with van der Waals surface area (Å²) >= 11 is 0. The maximum absolute atomic E-state index is 11.2. The van der Waals surface area contributed by atoms with E-state index in [1.807, 2.05) is 13.8 Å². The van der Waals surface area contributed by atoms with Gasteiger partial charge in [-0.2, -0.15) is 5.10 Å². The molecule has 0 fully saturated rings. The van der Waals surface area contributed by atoms with Crippen LogP contribution in [0.25, 0.3) is 0 Å². The number of aromatic nitrogens is 2. The molecule has 0 saturated carbocycles. The van der Waals surface area contributed by atoms with Gasteiger partial charge in [-0.15, -0.1) is 0 Å². The van der Waals surface area contributed by atoms with E-state index in [0.29, 0.717) is 17.4 Å². The lowest BCUT2D eigenvalue weighted by Gasteiger charge is -2.07. The highest BCUT2D eigenvalue weighted by Gasteiger charge is 2.28. The maximum Gasteiger partial charge on any atom is 0.334 e. The van der Waals surface area contributed by atoms with Gasteiger partial charge in [0.25, 0.3) is 0 Å². The summed E-state index contributed by atoms with van der Waals surface area (Å²) in [5, 5.41) is 18.5. The van der Waals surface area contributed by atoms with Crippen molar-refractivity contribution in [1.82, 2.24) is 9.78 Å². The van der Waals surface area contributed by atoms with E-state index in [1.54, 1.807) is 11.7 Å². The number of nitrogens with one attached hydrogen (secondary N) is 1. The molecular formula is C12H22N4O2. The van der Waals surface area contributed by atoms with Crippen molar-refractivity contribution >= 4 is 11.5 Å². The topological polar surface area (TPSA) is 73.0 Å². The molecule has 0 spiro atoms. The highest BCUT2D eigenvalue weighted by Crippen LogP contribution is 2.32. The number of anilines is 1. The van der Waals surface area contributed by atoms with Gasteiger partial charge < -0.3 is 5.32 Å². The minimum Gasteiger partial charge on any atom is -0.365 e. The Balaban J connectivity index is 2.99. The van der Waals surface area contributed by atoms with E-state index >= 15 is 0 Å². The van der Waals surface area contributed by atoms with Crippen LogP contribution in [0.4, 0.5) is 11.5 Å². The third kappa shape index (κ3) is 3.21. The molecule has 1 rings (SSSR count). The molecule has 18 heavy (non-hydrogen) atoms. The number of nitrogens with zero attached hydrogens (tertiary/aromatic N) is 3. The Hall–Kier alpha value is -1.59. The predicted octanol–water partition coefficient (Wildman–Crippen LogP) is 2.91. The lowest BCUT2D eigenvalue weighted by Crippen LogP contribution is -2.09. The number of nitro groups is 1. The van der Waals surface area contributed by atoms with Gasteiger partial charge in [0.2, 0.25) is 5.82 Å². The number of hydrogen-bond donors (Lipinski definition) is 1. The van der Waals surface area contributed by atoms with Crippen molar-refractivity contribution in [2.45, 2.75) is 40.0 Å². The zero-order chi connectivity index (χ0) is 13.9. The van der Waals surface area contributed by atoms with Crippen molar-refractivity contribution in [3.8, 4) is 0 Å². The van der Waals surface area contributed by atoms with Crippen LogP contribution in [-0.4, -0.2) is 21.2 Å². The molecule has 1 aromatic rings. The van der Waals surface area contributed by atoms with E-state index in [1.165, 1.54) is 0 Å². The fraction of sp³-hybridized carbons (Fsp3) is 0.750. The van der Waals surface area contributed by atoms with E-state index in [0.717, 1.165) is 13.0 Å². The van der Waals surface area contributed by atoms with Crippen LogP contribution in [0.3, 0.4) is 0 Å². The molecule has 0 aliphatic heterocycles. The van der Waals surface area contributed by atoms with Gasteiger partial charge in [0.15, 0.2) is 0 Å². The van der Waals surface area contributed by atoms with Crippen LogP contribution in [0.2, 0.25) is 0 Å². The maximum atomic E-state index is 11.2. The van der Waals surface area contributed by atoms with Crippen LogP contribution < -0.4 is 5.32 Å². The molecule has 0 bridgehead atoms. The molecule has 6 nitrogen and oxygen atoms in total. The summed E-state index contributed by atoms with van der Waals surface area (Å²) in [5.41, 5.74) is 0.644. The van der Waals surface area contributed by atoms with E-state index in [-0.39, 0.29) is 16.5 Å². The lowest BCUT2D eigenvalue weighted by atomic mass is 10.1. The summed E-state index contributed by atoms with van der Waals surface area (Å²) < 4.78 is 1.56. The average Bonchev–Trinajstić information content (AvgIpc) is 2.56. The molecule has 0 aromatic carbocycles. The average molecular weight is 254 g/mol. The van der Waals surface area contributed by atoms with Crippen LogP contribution in [0.15, 0.2) is 0 Å². The Bertz CT molecular complexity index is 424. The second kappa shape index (κ2) is 5.84. The second-order valence-corrected chi connectivity index (χ2v) is 5.23. The largest absolute Gasteiger partial charge is 0.365 e. The number of hydrogen-bond acceptors (Lipinski definition) is 4. The van der Waals surface area contributed by atoms with E-state index < -0.39 is 0 Å². The van der Waals surface area contributed by atoms with Gasteiger partial charge in [-0.1, -0.05) is 27.7 Å². The van der Waals surface area contributed by atoms with Crippen molar-refractivity contribution in [3.63, 3.8) is 0 Å². The van der Waals surface area contributed by atoms with Crippen molar-refractivity contribution in [1.29, 1.82) is 0 Å². The Labute approximate surface area is 108 Å². The summed E-state index contributed by atoms with van der Waals surface area (Å²) in [5.74, 6) is 1.11. The molecule has 6 heteroatoms. The normalized spacial score (nSPS) is 11.3. The van der Waals surface area contributed by atoms with E-state index in [9.17, 15) is 10.1 Å². The van der Waals surface area contributed by atoms with Crippen molar-refractivity contribution in [2.24, 2.45) is 13.0 Å². The third-order valence-corrected chi connectivity index (χ3v) is 2.79. The molecule has 0 radical (unpaired) electrons. The SMILES string of the molecule is CC(C)CCNc1c([N+](=O)[O-])c(C(C)C)nn1C. The summed E-state index contributed by atoms with van der Waals surface area (Å²) in [6.45, 7) is 8.79. The van der Waals surface area contributed by atoms with Crippen molar-refractivity contribution in [2.75, 3.05) is 11.9 Å². The van der Waals surface area contributed by atoms with Crippen molar-refractivity contribution in [3.05, 3.63) is 15.8 Å². The molecule has 1 aromatic heterocycles. The molecule has 0 amide bonds. The first kappa shape index (κ1) is 14.5. The number of rotatable bonds is 6. The van der Waals surface area contributed by atoms with Crippen LogP contribution in [0.1, 0.15) is 45.7 Å². The molecule has 0 unspecified atom stereocenters. The molecule has 1 N–H and O–H groups in total. The van der Waals surface area contributed by atoms with Crippen LogP contribution in [0.5, 0.6) is 0 Å². The van der Waals surface area contributed by atoms with E-state index in [2.05, 4.69) is 24.3 Å². The first-order valence-corrected chi connectivity index (χ1v) is 6.29. The van der Waals surface area contributed by atoms with Gasteiger partial charge >= 0.3 is 5.69 Å². The first-order valence-electron chi connectivity index (χ1n) is 6.29.